The normalized spacial score (nSPS) is 22.5. The van der Waals surface area contributed by atoms with E-state index in [1.165, 1.54) is 0 Å². The zero-order valence-electron chi connectivity index (χ0n) is 8.77. The van der Waals surface area contributed by atoms with Gasteiger partial charge >= 0.3 is 0 Å². The first-order valence-corrected chi connectivity index (χ1v) is 5.39. The van der Waals surface area contributed by atoms with E-state index >= 15 is 0 Å². The lowest BCUT2D eigenvalue weighted by molar-refractivity contribution is -0.117. The van der Waals surface area contributed by atoms with E-state index in [2.05, 4.69) is 0 Å². The summed E-state index contributed by atoms with van der Waals surface area (Å²) in [6.45, 7) is 0.265. The molecule has 1 fully saturated rings. The van der Waals surface area contributed by atoms with Crippen LogP contribution in [0.2, 0.25) is 0 Å². The second-order valence-corrected chi connectivity index (χ2v) is 4.04. The summed E-state index contributed by atoms with van der Waals surface area (Å²) < 4.78 is 16.2. The van der Waals surface area contributed by atoms with Gasteiger partial charge in [-0.25, -0.2) is 0 Å². The second-order valence-electron chi connectivity index (χ2n) is 4.04. The van der Waals surface area contributed by atoms with Gasteiger partial charge in [-0.15, -0.1) is 0 Å². The molecule has 4 nitrogen and oxygen atoms in total. The fourth-order valence-corrected chi connectivity index (χ4v) is 2.02. The van der Waals surface area contributed by atoms with E-state index in [1.54, 1.807) is 0 Å². The maximum atomic E-state index is 11.1. The summed E-state index contributed by atoms with van der Waals surface area (Å²) in [6.07, 6.45) is 1.99. The van der Waals surface area contributed by atoms with Crippen LogP contribution < -0.4 is 14.2 Å². The minimum Gasteiger partial charge on any atom is -0.490 e. The van der Waals surface area contributed by atoms with Crippen LogP contribution in [0.1, 0.15) is 19.3 Å². The molecule has 1 unspecified atom stereocenters. The topological polar surface area (TPSA) is 44.8 Å². The summed E-state index contributed by atoms with van der Waals surface area (Å²) in [5, 5.41) is 0. The Morgan fingerprint density at radius 1 is 1.25 bits per heavy atom. The van der Waals surface area contributed by atoms with E-state index in [0.717, 1.165) is 17.9 Å². The Hall–Kier alpha value is -1.71. The molecule has 0 saturated heterocycles. The number of fused-ring (bicyclic) bond motifs is 1. The molecule has 1 saturated carbocycles. The van der Waals surface area contributed by atoms with Crippen LogP contribution in [0.25, 0.3) is 0 Å². The third-order valence-corrected chi connectivity index (χ3v) is 2.85. The van der Waals surface area contributed by atoms with Gasteiger partial charge in [0.15, 0.2) is 11.5 Å². The fourth-order valence-electron chi connectivity index (χ4n) is 2.02. The summed E-state index contributed by atoms with van der Waals surface area (Å²) in [7, 11) is 0. The Balaban J connectivity index is 1.73. The SMILES string of the molecule is O=C1CCC(Oc2ccc3c(c2)OCO3)C1. The van der Waals surface area contributed by atoms with Gasteiger partial charge in [-0.3, -0.25) is 4.79 Å². The smallest absolute Gasteiger partial charge is 0.231 e. The lowest BCUT2D eigenvalue weighted by atomic mass is 10.2. The summed E-state index contributed by atoms with van der Waals surface area (Å²) in [4.78, 5) is 11.1. The minimum atomic E-state index is 0.0212. The van der Waals surface area contributed by atoms with Gasteiger partial charge in [0.1, 0.15) is 17.6 Å². The molecular weight excluding hydrogens is 208 g/mol. The molecule has 0 aromatic heterocycles. The Morgan fingerprint density at radius 3 is 2.94 bits per heavy atom. The molecule has 0 spiro atoms. The van der Waals surface area contributed by atoms with Crippen LogP contribution >= 0.6 is 0 Å². The van der Waals surface area contributed by atoms with Crippen LogP contribution in [0.5, 0.6) is 17.2 Å². The van der Waals surface area contributed by atoms with Crippen molar-refractivity contribution in [3.8, 4) is 17.2 Å². The molecule has 0 N–H and O–H groups in total. The highest BCUT2D eigenvalue weighted by atomic mass is 16.7. The Morgan fingerprint density at radius 2 is 2.12 bits per heavy atom. The number of Topliss-reactive ketones (excluding diaryl/α,β-unsaturated/α-hetero) is 1. The number of benzene rings is 1. The molecule has 1 aromatic carbocycles. The molecule has 0 radical (unpaired) electrons. The van der Waals surface area contributed by atoms with E-state index in [-0.39, 0.29) is 18.7 Å². The lowest BCUT2D eigenvalue weighted by Gasteiger charge is -2.12. The number of hydrogen-bond acceptors (Lipinski definition) is 4. The molecular formula is C12H12O4. The molecule has 3 rings (SSSR count). The van der Waals surface area contributed by atoms with Gasteiger partial charge in [-0.05, 0) is 18.6 Å². The van der Waals surface area contributed by atoms with Gasteiger partial charge in [0, 0.05) is 18.9 Å². The van der Waals surface area contributed by atoms with E-state index in [9.17, 15) is 4.79 Å². The van der Waals surface area contributed by atoms with Gasteiger partial charge in [0.2, 0.25) is 6.79 Å². The average molecular weight is 220 g/mol. The van der Waals surface area contributed by atoms with E-state index in [1.807, 2.05) is 18.2 Å². The Bertz CT molecular complexity index is 427. The van der Waals surface area contributed by atoms with Crippen LogP contribution in [0.3, 0.4) is 0 Å². The molecule has 84 valence electrons. The predicted molar refractivity (Wildman–Crippen MR) is 55.8 cm³/mol. The zero-order chi connectivity index (χ0) is 11.0. The minimum absolute atomic E-state index is 0.0212. The van der Waals surface area contributed by atoms with Crippen molar-refractivity contribution >= 4 is 5.78 Å². The van der Waals surface area contributed by atoms with E-state index in [4.69, 9.17) is 14.2 Å². The van der Waals surface area contributed by atoms with Crippen LogP contribution in [0.15, 0.2) is 18.2 Å². The third kappa shape index (κ3) is 1.71. The molecule has 1 heterocycles. The van der Waals surface area contributed by atoms with Crippen molar-refractivity contribution in [2.24, 2.45) is 0 Å². The molecule has 0 bridgehead atoms. The molecule has 1 atom stereocenters. The lowest BCUT2D eigenvalue weighted by Crippen LogP contribution is -2.11. The first kappa shape index (κ1) is 9.51. The van der Waals surface area contributed by atoms with Crippen LogP contribution in [0.4, 0.5) is 0 Å². The van der Waals surface area contributed by atoms with Gasteiger partial charge < -0.3 is 14.2 Å². The van der Waals surface area contributed by atoms with Crippen molar-refractivity contribution in [3.05, 3.63) is 18.2 Å². The van der Waals surface area contributed by atoms with Crippen LogP contribution in [0, 0.1) is 0 Å². The summed E-state index contributed by atoms with van der Waals surface area (Å²) >= 11 is 0. The first-order chi connectivity index (χ1) is 7.81. The van der Waals surface area contributed by atoms with E-state index in [0.29, 0.717) is 18.6 Å². The molecule has 1 aliphatic heterocycles. The zero-order valence-corrected chi connectivity index (χ0v) is 8.77. The van der Waals surface area contributed by atoms with Crippen molar-refractivity contribution in [2.75, 3.05) is 6.79 Å². The monoisotopic (exact) mass is 220 g/mol. The van der Waals surface area contributed by atoms with Gasteiger partial charge in [-0.2, -0.15) is 0 Å². The number of carbonyl (C=O) groups excluding carboxylic acids is 1. The van der Waals surface area contributed by atoms with Gasteiger partial charge in [0.05, 0.1) is 0 Å². The first-order valence-electron chi connectivity index (χ1n) is 5.39. The molecule has 2 aliphatic rings. The molecule has 4 heteroatoms. The summed E-state index contributed by atoms with van der Waals surface area (Å²) in [5.74, 6) is 2.48. The second kappa shape index (κ2) is 3.70. The standard InChI is InChI=1S/C12H12O4/c13-8-1-2-9(5-8)16-10-3-4-11-12(6-10)15-7-14-11/h3-4,6,9H,1-2,5,7H2. The van der Waals surface area contributed by atoms with Crippen molar-refractivity contribution in [2.45, 2.75) is 25.4 Å². The van der Waals surface area contributed by atoms with E-state index < -0.39 is 0 Å². The number of ether oxygens (including phenoxy) is 3. The number of rotatable bonds is 2. The summed E-state index contributed by atoms with van der Waals surface area (Å²) in [6, 6.07) is 5.48. The number of ketones is 1. The third-order valence-electron chi connectivity index (χ3n) is 2.85. The Kier molecular flexibility index (Phi) is 2.20. The molecule has 16 heavy (non-hydrogen) atoms. The molecule has 1 aromatic rings. The average Bonchev–Trinajstić information content (AvgIpc) is 2.87. The molecule has 1 aliphatic carbocycles. The maximum absolute atomic E-state index is 11.1. The highest BCUT2D eigenvalue weighted by Crippen LogP contribution is 2.36. The highest BCUT2D eigenvalue weighted by Gasteiger charge is 2.24. The van der Waals surface area contributed by atoms with Crippen molar-refractivity contribution < 1.29 is 19.0 Å². The van der Waals surface area contributed by atoms with Crippen LogP contribution in [-0.4, -0.2) is 18.7 Å². The predicted octanol–water partition coefficient (Wildman–Crippen LogP) is 1.92. The van der Waals surface area contributed by atoms with Gasteiger partial charge in [0.25, 0.3) is 0 Å². The van der Waals surface area contributed by atoms with Gasteiger partial charge in [-0.1, -0.05) is 0 Å². The number of carbonyl (C=O) groups is 1. The summed E-state index contributed by atoms with van der Waals surface area (Å²) in [5.41, 5.74) is 0. The quantitative estimate of drug-likeness (QED) is 0.763. The highest BCUT2D eigenvalue weighted by molar-refractivity contribution is 5.81. The Labute approximate surface area is 93.1 Å². The maximum Gasteiger partial charge on any atom is 0.231 e. The van der Waals surface area contributed by atoms with Crippen molar-refractivity contribution in [1.82, 2.24) is 0 Å². The fraction of sp³-hybridized carbons (Fsp3) is 0.417. The van der Waals surface area contributed by atoms with Crippen molar-refractivity contribution in [3.63, 3.8) is 0 Å². The van der Waals surface area contributed by atoms with Crippen LogP contribution in [-0.2, 0) is 4.79 Å². The number of hydrogen-bond donors (Lipinski definition) is 0. The molecule has 0 amide bonds. The van der Waals surface area contributed by atoms with Crippen molar-refractivity contribution in [1.29, 1.82) is 0 Å². The largest absolute Gasteiger partial charge is 0.490 e.